The quantitative estimate of drug-likeness (QED) is 0.262. The number of carbonyl (C=O) groups is 5. The molecule has 2 aromatic carbocycles. The summed E-state index contributed by atoms with van der Waals surface area (Å²) < 4.78 is 7.62. The van der Waals surface area contributed by atoms with Gasteiger partial charge in [-0.15, -0.1) is 0 Å². The lowest BCUT2D eigenvalue weighted by Crippen LogP contribution is -2.65. The summed E-state index contributed by atoms with van der Waals surface area (Å²) in [4.78, 5) is 68.9. The van der Waals surface area contributed by atoms with Gasteiger partial charge in [0.1, 0.15) is 6.04 Å². The highest BCUT2D eigenvalue weighted by atomic mass is 16.5. The van der Waals surface area contributed by atoms with Crippen molar-refractivity contribution in [3.8, 4) is 0 Å². The van der Waals surface area contributed by atoms with Crippen LogP contribution in [0.15, 0.2) is 67.0 Å². The Hall–Kier alpha value is -5.04. The molecule has 4 amide bonds. The zero-order chi connectivity index (χ0) is 35.8. The highest BCUT2D eigenvalue weighted by Crippen LogP contribution is 2.54. The Bertz CT molecular complexity index is 1770. The van der Waals surface area contributed by atoms with Crippen LogP contribution < -0.4 is 10.6 Å². The zero-order valence-corrected chi connectivity index (χ0v) is 28.8. The molecule has 13 nitrogen and oxygen atoms in total. The first-order chi connectivity index (χ1) is 23.8. The number of benzene rings is 2. The lowest BCUT2D eigenvalue weighted by atomic mass is 9.70. The van der Waals surface area contributed by atoms with Gasteiger partial charge in [0.2, 0.25) is 17.7 Å². The van der Waals surface area contributed by atoms with Gasteiger partial charge in [0.15, 0.2) is 0 Å². The molecule has 3 N–H and O–H groups in total. The van der Waals surface area contributed by atoms with Gasteiger partial charge in [0.25, 0.3) is 5.91 Å². The Morgan fingerprint density at radius 2 is 1.60 bits per heavy atom. The largest absolute Gasteiger partial charge is 0.478 e. The molecule has 3 fully saturated rings. The summed E-state index contributed by atoms with van der Waals surface area (Å²) in [6.07, 6.45) is 3.28. The summed E-state index contributed by atoms with van der Waals surface area (Å²) in [7, 11) is 1.50. The van der Waals surface area contributed by atoms with E-state index in [9.17, 15) is 29.1 Å². The Balaban J connectivity index is 1.17. The molecule has 3 aliphatic rings. The van der Waals surface area contributed by atoms with E-state index in [4.69, 9.17) is 4.74 Å². The molecule has 6 rings (SSSR count). The van der Waals surface area contributed by atoms with E-state index in [1.165, 1.54) is 25.4 Å². The van der Waals surface area contributed by atoms with Crippen molar-refractivity contribution in [2.75, 3.05) is 33.2 Å². The number of ether oxygens (including phenoxy) is 1. The molecule has 4 atom stereocenters. The van der Waals surface area contributed by atoms with Crippen molar-refractivity contribution in [2.24, 2.45) is 22.7 Å². The van der Waals surface area contributed by atoms with E-state index >= 15 is 0 Å². The second-order valence-corrected chi connectivity index (χ2v) is 14.6. The van der Waals surface area contributed by atoms with Crippen molar-refractivity contribution < 1.29 is 33.8 Å². The van der Waals surface area contributed by atoms with E-state index in [2.05, 4.69) is 29.6 Å². The summed E-state index contributed by atoms with van der Waals surface area (Å²) in [5.41, 5.74) is 1.57. The van der Waals surface area contributed by atoms with Gasteiger partial charge >= 0.3 is 5.97 Å². The normalized spacial score (nSPS) is 21.2. The van der Waals surface area contributed by atoms with Gasteiger partial charge in [-0.1, -0.05) is 56.3 Å². The van der Waals surface area contributed by atoms with Crippen molar-refractivity contribution in [3.63, 3.8) is 0 Å². The number of carboxylic acid groups (broad SMARTS) is 1. The average Bonchev–Trinajstić information content (AvgIpc) is 3.39. The summed E-state index contributed by atoms with van der Waals surface area (Å²) in [5, 5.41) is 19.1. The Kier molecular flexibility index (Phi) is 9.54. The maximum atomic E-state index is 14.1. The molecule has 3 heterocycles. The van der Waals surface area contributed by atoms with E-state index in [0.717, 1.165) is 17.5 Å². The predicted molar refractivity (Wildman–Crippen MR) is 182 cm³/mol. The van der Waals surface area contributed by atoms with Crippen molar-refractivity contribution in [1.29, 1.82) is 0 Å². The highest BCUT2D eigenvalue weighted by Gasteiger charge is 2.62. The lowest BCUT2D eigenvalue weighted by molar-refractivity contribution is -0.152. The number of carboxylic acids is 1. The summed E-state index contributed by atoms with van der Waals surface area (Å²) in [6.45, 7) is 7.55. The third-order valence-electron chi connectivity index (χ3n) is 10.5. The Morgan fingerprint density at radius 1 is 0.940 bits per heavy atom. The summed E-state index contributed by atoms with van der Waals surface area (Å²) >= 11 is 0. The number of likely N-dealkylation sites (tertiary alicyclic amines) is 2. The predicted octanol–water partition coefficient (Wildman–Crippen LogP) is 2.41. The second kappa shape index (κ2) is 13.7. The number of rotatable bonds is 12. The minimum absolute atomic E-state index is 0.0383. The maximum absolute atomic E-state index is 14.1. The van der Waals surface area contributed by atoms with Crippen molar-refractivity contribution in [3.05, 3.63) is 89.2 Å². The number of aromatic nitrogens is 2. The van der Waals surface area contributed by atoms with E-state index in [1.807, 2.05) is 30.3 Å². The zero-order valence-electron chi connectivity index (χ0n) is 28.8. The van der Waals surface area contributed by atoms with Crippen LogP contribution in [-0.2, 0) is 32.3 Å². The van der Waals surface area contributed by atoms with Crippen molar-refractivity contribution >= 4 is 29.6 Å². The first-order valence-corrected chi connectivity index (χ1v) is 16.9. The molecule has 0 bridgehead atoms. The first kappa shape index (κ1) is 34.8. The van der Waals surface area contributed by atoms with E-state index in [1.54, 1.807) is 39.7 Å². The third-order valence-corrected chi connectivity index (χ3v) is 10.5. The highest BCUT2D eigenvalue weighted by molar-refractivity contribution is 5.96. The molecule has 2 saturated heterocycles. The minimum Gasteiger partial charge on any atom is -0.478 e. The van der Waals surface area contributed by atoms with Crippen molar-refractivity contribution in [2.45, 2.75) is 52.5 Å². The third kappa shape index (κ3) is 7.14. The van der Waals surface area contributed by atoms with Crippen LogP contribution in [-0.4, -0.2) is 99.7 Å². The van der Waals surface area contributed by atoms with Gasteiger partial charge in [0, 0.05) is 50.8 Å². The first-order valence-electron chi connectivity index (χ1n) is 16.9. The fourth-order valence-corrected chi connectivity index (χ4v) is 7.17. The van der Waals surface area contributed by atoms with Crippen LogP contribution in [0.3, 0.4) is 0 Å². The molecule has 1 aromatic heterocycles. The minimum atomic E-state index is -1.01. The number of hydrogen-bond acceptors (Lipinski definition) is 7. The molecular weight excluding hydrogens is 640 g/mol. The fraction of sp³-hybridized carbons (Fsp3) is 0.459. The van der Waals surface area contributed by atoms with E-state index < -0.39 is 35.4 Å². The molecule has 13 heteroatoms. The standard InChI is InChI=1S/C37H44N6O7/c1-23(50-19-25-8-6-5-7-9-25)30(32(45)38-4)40-31(44)29-18-41(20-37(29)21-42(22-37)34(47)28-14-36(28,2)3)33(46)27-15-39-43(17-27)16-24-10-12-26(13-11-24)35(48)49/h5-13,15,17,23,28-30H,14,16,18-22H2,1-4H3,(H,38,45)(H,40,44)(H,48,49)/t23-,28-,29+,30+/m1/s1. The van der Waals surface area contributed by atoms with Crippen LogP contribution >= 0.6 is 0 Å². The summed E-state index contributed by atoms with van der Waals surface area (Å²) in [5.74, 6) is -2.70. The molecule has 1 saturated carbocycles. The van der Waals surface area contributed by atoms with Gasteiger partial charge in [-0.3, -0.25) is 23.9 Å². The number of aromatic carboxylic acids is 1. The number of likely N-dealkylation sites (N-methyl/N-ethyl adjacent to an activating group) is 1. The van der Waals surface area contributed by atoms with Gasteiger partial charge in [-0.25, -0.2) is 4.79 Å². The van der Waals surface area contributed by atoms with Gasteiger partial charge < -0.3 is 30.3 Å². The smallest absolute Gasteiger partial charge is 0.335 e. The SMILES string of the molecule is CNC(=O)[C@@H](NC(=O)[C@@H]1CN(C(=O)c2cnn(Cc3ccc(C(=O)O)cc3)c2)CC12CN(C(=O)[C@H]1CC1(C)C)C2)[C@@H](C)OCc1ccccc1. The maximum Gasteiger partial charge on any atom is 0.335 e. The van der Waals surface area contributed by atoms with Crippen LogP contribution in [0, 0.1) is 22.7 Å². The van der Waals surface area contributed by atoms with Gasteiger partial charge in [0.05, 0.1) is 42.5 Å². The van der Waals surface area contributed by atoms with Crippen LogP contribution in [0.5, 0.6) is 0 Å². The molecule has 0 radical (unpaired) electrons. The van der Waals surface area contributed by atoms with Crippen LogP contribution in [0.25, 0.3) is 0 Å². The molecule has 1 aliphatic carbocycles. The monoisotopic (exact) mass is 684 g/mol. The summed E-state index contributed by atoms with van der Waals surface area (Å²) in [6, 6.07) is 15.0. The molecule has 3 aromatic rings. The molecule has 0 unspecified atom stereocenters. The number of nitrogens with zero attached hydrogens (tertiary/aromatic N) is 4. The second-order valence-electron chi connectivity index (χ2n) is 14.6. The lowest BCUT2D eigenvalue weighted by Gasteiger charge is -2.50. The number of nitrogens with one attached hydrogen (secondary N) is 2. The van der Waals surface area contributed by atoms with E-state index in [-0.39, 0.29) is 54.3 Å². The molecule has 2 aliphatic heterocycles. The average molecular weight is 685 g/mol. The van der Waals surface area contributed by atoms with Crippen LogP contribution in [0.1, 0.15) is 59.0 Å². The molecular formula is C37H44N6O7. The molecule has 1 spiro atoms. The molecule has 264 valence electrons. The molecule has 50 heavy (non-hydrogen) atoms. The van der Waals surface area contributed by atoms with E-state index in [0.29, 0.717) is 25.2 Å². The van der Waals surface area contributed by atoms with Crippen LogP contribution in [0.2, 0.25) is 0 Å². The number of carbonyl (C=O) groups excluding carboxylic acids is 4. The van der Waals surface area contributed by atoms with Crippen LogP contribution in [0.4, 0.5) is 0 Å². The number of hydrogen-bond donors (Lipinski definition) is 3. The van der Waals surface area contributed by atoms with Gasteiger partial charge in [-0.05, 0) is 42.0 Å². The van der Waals surface area contributed by atoms with Gasteiger partial charge in [-0.2, -0.15) is 5.10 Å². The fourth-order valence-electron chi connectivity index (χ4n) is 7.17. The Morgan fingerprint density at radius 3 is 2.22 bits per heavy atom. The topological polar surface area (TPSA) is 163 Å². The Labute approximate surface area is 290 Å². The van der Waals surface area contributed by atoms with Crippen molar-refractivity contribution in [1.82, 2.24) is 30.2 Å². The number of amides is 4.